The minimum absolute atomic E-state index is 0.0113. The fraction of sp³-hybridized carbons (Fsp3) is 0.652. The molecule has 1 aromatic rings. The third-order valence-corrected chi connectivity index (χ3v) is 6.95. The number of aryl methyl sites for hydroxylation is 1. The van der Waals surface area contributed by atoms with Gasteiger partial charge in [0, 0.05) is 51.9 Å². The molecule has 0 aromatic heterocycles. The van der Waals surface area contributed by atoms with Crippen LogP contribution in [-0.4, -0.2) is 77.9 Å². The lowest BCUT2D eigenvalue weighted by Crippen LogP contribution is -2.57. The van der Waals surface area contributed by atoms with Crippen molar-refractivity contribution in [3.63, 3.8) is 0 Å². The van der Waals surface area contributed by atoms with Crippen LogP contribution < -0.4 is 5.32 Å². The average Bonchev–Trinajstić information content (AvgIpc) is 3.27. The van der Waals surface area contributed by atoms with Crippen molar-refractivity contribution in [2.24, 2.45) is 0 Å². The molecule has 3 fully saturated rings. The molecule has 2 amide bonds. The van der Waals surface area contributed by atoms with E-state index in [9.17, 15) is 9.59 Å². The zero-order chi connectivity index (χ0) is 20.2. The minimum Gasteiger partial charge on any atom is -0.353 e. The van der Waals surface area contributed by atoms with Crippen LogP contribution in [0.3, 0.4) is 0 Å². The Morgan fingerprint density at radius 1 is 1.07 bits per heavy atom. The van der Waals surface area contributed by atoms with E-state index in [1.54, 1.807) is 0 Å². The van der Waals surface area contributed by atoms with E-state index in [1.807, 2.05) is 17.0 Å². The van der Waals surface area contributed by atoms with Gasteiger partial charge >= 0.3 is 0 Å². The Morgan fingerprint density at radius 2 is 1.79 bits per heavy atom. The van der Waals surface area contributed by atoms with Gasteiger partial charge in [0.2, 0.25) is 11.8 Å². The summed E-state index contributed by atoms with van der Waals surface area (Å²) in [5.74, 6) is 0.107. The lowest BCUT2D eigenvalue weighted by atomic mass is 10.0. The number of benzene rings is 1. The van der Waals surface area contributed by atoms with Crippen molar-refractivity contribution in [1.29, 1.82) is 0 Å². The number of piperazine rings is 2. The molecule has 1 atom stereocenters. The van der Waals surface area contributed by atoms with Crippen molar-refractivity contribution >= 4 is 11.8 Å². The van der Waals surface area contributed by atoms with E-state index in [1.165, 1.54) is 36.8 Å². The maximum Gasteiger partial charge on any atom is 0.237 e. The molecular weight excluding hydrogens is 364 g/mol. The summed E-state index contributed by atoms with van der Waals surface area (Å²) in [7, 11) is 0. The number of rotatable bonds is 5. The van der Waals surface area contributed by atoms with Crippen LogP contribution in [0.25, 0.3) is 0 Å². The Hall–Kier alpha value is -1.92. The maximum absolute atomic E-state index is 13.0. The standard InChI is InChI=1S/C23H34N4O2/c1-18-6-2-3-7-19(18)17-27-11-10-24-23(29)21(27)16-22(28)26-14-12-25(13-15-26)20-8-4-5-9-20/h2-3,6-7,20-21H,4-5,8-17H2,1H3,(H,24,29)/t21-/m1/s1. The Labute approximate surface area is 174 Å². The molecule has 4 rings (SSSR count). The van der Waals surface area contributed by atoms with Crippen LogP contribution in [0.15, 0.2) is 24.3 Å². The van der Waals surface area contributed by atoms with Crippen LogP contribution >= 0.6 is 0 Å². The molecule has 0 spiro atoms. The van der Waals surface area contributed by atoms with Gasteiger partial charge in [-0.15, -0.1) is 0 Å². The fourth-order valence-corrected chi connectivity index (χ4v) is 5.08. The molecule has 1 aliphatic carbocycles. The fourth-order valence-electron chi connectivity index (χ4n) is 5.08. The molecule has 2 aliphatic heterocycles. The molecule has 2 heterocycles. The second kappa shape index (κ2) is 9.26. The SMILES string of the molecule is Cc1ccccc1CN1CCNC(=O)[C@H]1CC(=O)N1CCN(C2CCCC2)CC1. The first kappa shape index (κ1) is 20.4. The molecule has 6 nitrogen and oxygen atoms in total. The van der Waals surface area contributed by atoms with E-state index in [4.69, 9.17) is 0 Å². The van der Waals surface area contributed by atoms with Gasteiger partial charge in [0.05, 0.1) is 12.5 Å². The molecule has 1 N–H and O–H groups in total. The smallest absolute Gasteiger partial charge is 0.237 e. The summed E-state index contributed by atoms with van der Waals surface area (Å²) in [6.45, 7) is 7.78. The largest absolute Gasteiger partial charge is 0.353 e. The Balaban J connectivity index is 1.35. The van der Waals surface area contributed by atoms with E-state index < -0.39 is 0 Å². The van der Waals surface area contributed by atoms with E-state index in [0.29, 0.717) is 13.1 Å². The van der Waals surface area contributed by atoms with Crippen molar-refractivity contribution in [1.82, 2.24) is 20.0 Å². The molecular formula is C23H34N4O2. The van der Waals surface area contributed by atoms with Crippen molar-refractivity contribution in [2.45, 2.75) is 57.7 Å². The number of hydrogen-bond donors (Lipinski definition) is 1. The third-order valence-electron chi connectivity index (χ3n) is 6.95. The van der Waals surface area contributed by atoms with Gasteiger partial charge in [0.15, 0.2) is 0 Å². The monoisotopic (exact) mass is 398 g/mol. The highest BCUT2D eigenvalue weighted by Crippen LogP contribution is 2.25. The maximum atomic E-state index is 13.0. The van der Waals surface area contributed by atoms with E-state index in [2.05, 4.69) is 34.2 Å². The normalized spacial score (nSPS) is 24.7. The van der Waals surface area contributed by atoms with E-state index in [-0.39, 0.29) is 24.3 Å². The number of carbonyl (C=O) groups is 2. The van der Waals surface area contributed by atoms with Crippen LogP contribution in [0.2, 0.25) is 0 Å². The molecule has 2 saturated heterocycles. The van der Waals surface area contributed by atoms with Gasteiger partial charge in [-0.25, -0.2) is 0 Å². The van der Waals surface area contributed by atoms with Crippen LogP contribution in [0.1, 0.15) is 43.2 Å². The van der Waals surface area contributed by atoms with Gasteiger partial charge in [0.1, 0.15) is 0 Å². The van der Waals surface area contributed by atoms with Gasteiger partial charge in [0.25, 0.3) is 0 Å². The highest BCUT2D eigenvalue weighted by Gasteiger charge is 2.34. The molecule has 0 radical (unpaired) electrons. The second-order valence-electron chi connectivity index (χ2n) is 8.76. The molecule has 6 heteroatoms. The number of nitrogens with one attached hydrogen (secondary N) is 1. The van der Waals surface area contributed by atoms with Crippen molar-refractivity contribution < 1.29 is 9.59 Å². The molecule has 158 valence electrons. The number of amides is 2. The highest BCUT2D eigenvalue weighted by atomic mass is 16.2. The van der Waals surface area contributed by atoms with Gasteiger partial charge in [-0.2, -0.15) is 0 Å². The Morgan fingerprint density at radius 3 is 2.52 bits per heavy atom. The summed E-state index contributed by atoms with van der Waals surface area (Å²) in [5, 5.41) is 2.96. The van der Waals surface area contributed by atoms with Gasteiger partial charge < -0.3 is 10.2 Å². The summed E-state index contributed by atoms with van der Waals surface area (Å²) in [5.41, 5.74) is 2.46. The second-order valence-corrected chi connectivity index (χ2v) is 8.76. The first-order chi connectivity index (χ1) is 14.1. The van der Waals surface area contributed by atoms with E-state index >= 15 is 0 Å². The predicted octanol–water partition coefficient (Wildman–Crippen LogP) is 1.77. The molecule has 1 aromatic carbocycles. The summed E-state index contributed by atoms with van der Waals surface area (Å²) >= 11 is 0. The van der Waals surface area contributed by atoms with Gasteiger partial charge in [-0.3, -0.25) is 19.4 Å². The zero-order valence-electron chi connectivity index (χ0n) is 17.6. The first-order valence-electron chi connectivity index (χ1n) is 11.2. The minimum atomic E-state index is -0.372. The quantitative estimate of drug-likeness (QED) is 0.821. The van der Waals surface area contributed by atoms with Gasteiger partial charge in [-0.05, 0) is 30.9 Å². The summed E-state index contributed by atoms with van der Waals surface area (Å²) in [6.07, 6.45) is 5.59. The molecule has 0 bridgehead atoms. The summed E-state index contributed by atoms with van der Waals surface area (Å²) in [6, 6.07) is 8.64. The third kappa shape index (κ3) is 4.81. The molecule has 1 saturated carbocycles. The predicted molar refractivity (Wildman–Crippen MR) is 113 cm³/mol. The average molecular weight is 399 g/mol. The summed E-state index contributed by atoms with van der Waals surface area (Å²) < 4.78 is 0. The Bertz CT molecular complexity index is 723. The van der Waals surface area contributed by atoms with Crippen LogP contribution in [0.5, 0.6) is 0 Å². The number of nitrogens with zero attached hydrogens (tertiary/aromatic N) is 3. The van der Waals surface area contributed by atoms with Crippen LogP contribution in [-0.2, 0) is 16.1 Å². The highest BCUT2D eigenvalue weighted by molar-refractivity contribution is 5.88. The van der Waals surface area contributed by atoms with Crippen molar-refractivity contribution in [2.75, 3.05) is 39.3 Å². The van der Waals surface area contributed by atoms with Gasteiger partial charge in [-0.1, -0.05) is 37.1 Å². The van der Waals surface area contributed by atoms with Crippen LogP contribution in [0, 0.1) is 6.92 Å². The molecule has 29 heavy (non-hydrogen) atoms. The lowest BCUT2D eigenvalue weighted by molar-refractivity contribution is -0.140. The number of hydrogen-bond acceptors (Lipinski definition) is 4. The first-order valence-corrected chi connectivity index (χ1v) is 11.2. The summed E-state index contributed by atoms with van der Waals surface area (Å²) in [4.78, 5) is 32.3. The molecule has 0 unspecified atom stereocenters. The zero-order valence-corrected chi connectivity index (χ0v) is 17.6. The van der Waals surface area contributed by atoms with E-state index in [0.717, 1.165) is 38.8 Å². The lowest BCUT2D eigenvalue weighted by Gasteiger charge is -2.40. The van der Waals surface area contributed by atoms with Crippen LogP contribution in [0.4, 0.5) is 0 Å². The Kier molecular flexibility index (Phi) is 6.50. The van der Waals surface area contributed by atoms with Crippen molar-refractivity contribution in [3.05, 3.63) is 35.4 Å². The van der Waals surface area contributed by atoms with Crippen molar-refractivity contribution in [3.8, 4) is 0 Å². The molecule has 3 aliphatic rings. The topological polar surface area (TPSA) is 55.9 Å². The number of carbonyl (C=O) groups excluding carboxylic acids is 2.